The number of hydrogen-bond donors (Lipinski definition) is 1. The molecule has 1 heterocycles. The van der Waals surface area contributed by atoms with E-state index < -0.39 is 16.4 Å². The maximum Gasteiger partial charge on any atom is 0.327 e. The minimum Gasteiger partial charge on any atom is -0.379 e. The molecule has 1 aliphatic rings. The Kier molecular flexibility index (Phi) is 4.54. The Morgan fingerprint density at radius 1 is 1.55 bits per heavy atom. The van der Waals surface area contributed by atoms with Gasteiger partial charge < -0.3 is 10.2 Å². The number of nitrogens with one attached hydrogen (secondary N) is 1. The van der Waals surface area contributed by atoms with Gasteiger partial charge in [0, 0.05) is 19.1 Å². The van der Waals surface area contributed by atoms with Crippen LogP contribution < -0.4 is 5.32 Å². The van der Waals surface area contributed by atoms with Crippen LogP contribution in [-0.2, 0) is 0 Å². The van der Waals surface area contributed by atoms with Gasteiger partial charge in [-0.1, -0.05) is 6.07 Å². The summed E-state index contributed by atoms with van der Waals surface area (Å²) in [6.07, 6.45) is 1.06. The Bertz CT molecular complexity index is 493. The van der Waals surface area contributed by atoms with Crippen molar-refractivity contribution in [1.82, 2.24) is 4.90 Å². The Balaban J connectivity index is 1.98. The number of rotatable bonds is 5. The molecule has 0 radical (unpaired) electrons. The fourth-order valence-electron chi connectivity index (χ4n) is 2.60. The second kappa shape index (κ2) is 6.17. The maximum atomic E-state index is 13.5. The average Bonchev–Trinajstić information content (AvgIpc) is 2.84. The number of hydrogen-bond acceptors (Lipinski definition) is 4. The van der Waals surface area contributed by atoms with Crippen molar-refractivity contribution in [3.63, 3.8) is 0 Å². The number of nitro benzene ring substituents is 1. The van der Waals surface area contributed by atoms with Crippen molar-refractivity contribution in [1.29, 1.82) is 0 Å². The van der Waals surface area contributed by atoms with Crippen LogP contribution in [0.25, 0.3) is 0 Å². The smallest absolute Gasteiger partial charge is 0.327 e. The first kappa shape index (κ1) is 14.7. The zero-order chi connectivity index (χ0) is 14.7. The summed E-state index contributed by atoms with van der Waals surface area (Å²) in [7, 11) is 0. The first-order valence-electron chi connectivity index (χ1n) is 6.90. The molecule has 20 heavy (non-hydrogen) atoms. The Morgan fingerprint density at radius 3 is 2.90 bits per heavy atom. The summed E-state index contributed by atoms with van der Waals surface area (Å²) in [5.74, 6) is -0.351. The molecule has 1 N–H and O–H groups in total. The Morgan fingerprint density at radius 2 is 2.30 bits per heavy atom. The van der Waals surface area contributed by atoms with Crippen LogP contribution in [0.5, 0.6) is 0 Å². The zero-order valence-corrected chi connectivity index (χ0v) is 11.8. The lowest BCUT2D eigenvalue weighted by Crippen LogP contribution is -2.29. The van der Waals surface area contributed by atoms with E-state index in [0.29, 0.717) is 18.5 Å². The molecule has 1 aromatic rings. The topological polar surface area (TPSA) is 58.4 Å². The van der Waals surface area contributed by atoms with Gasteiger partial charge in [-0.2, -0.15) is 4.39 Å². The van der Waals surface area contributed by atoms with E-state index >= 15 is 0 Å². The summed E-state index contributed by atoms with van der Waals surface area (Å²) in [5.41, 5.74) is -0.204. The van der Waals surface area contributed by atoms with Crippen LogP contribution in [0.15, 0.2) is 18.2 Å². The number of anilines is 1. The van der Waals surface area contributed by atoms with Crippen LogP contribution in [0.1, 0.15) is 20.3 Å². The largest absolute Gasteiger partial charge is 0.379 e. The van der Waals surface area contributed by atoms with Gasteiger partial charge in [-0.3, -0.25) is 10.1 Å². The van der Waals surface area contributed by atoms with Gasteiger partial charge >= 0.3 is 5.69 Å². The molecule has 0 amide bonds. The van der Waals surface area contributed by atoms with E-state index in [0.717, 1.165) is 25.6 Å². The molecule has 1 aliphatic heterocycles. The van der Waals surface area contributed by atoms with Gasteiger partial charge in [0.05, 0.1) is 4.92 Å². The highest BCUT2D eigenvalue weighted by Crippen LogP contribution is 2.28. The number of benzene rings is 1. The Hall–Kier alpha value is -1.69. The molecule has 1 unspecified atom stereocenters. The lowest BCUT2D eigenvalue weighted by atomic mass is 10.1. The Labute approximate surface area is 117 Å². The van der Waals surface area contributed by atoms with Crippen LogP contribution in [0, 0.1) is 21.8 Å². The lowest BCUT2D eigenvalue weighted by Gasteiger charge is -2.20. The molecule has 0 aromatic heterocycles. The van der Waals surface area contributed by atoms with E-state index in [-0.39, 0.29) is 5.69 Å². The van der Waals surface area contributed by atoms with Gasteiger partial charge in [0.1, 0.15) is 5.69 Å². The molecule has 2 rings (SSSR count). The van der Waals surface area contributed by atoms with Gasteiger partial charge in [0.25, 0.3) is 0 Å². The van der Waals surface area contributed by atoms with Crippen molar-refractivity contribution in [2.75, 3.05) is 25.0 Å². The number of nitro groups is 1. The molecule has 1 saturated heterocycles. The van der Waals surface area contributed by atoms with Crippen LogP contribution in [-0.4, -0.2) is 35.5 Å². The maximum absolute atomic E-state index is 13.5. The van der Waals surface area contributed by atoms with Crippen molar-refractivity contribution in [2.24, 2.45) is 5.92 Å². The van der Waals surface area contributed by atoms with Crippen molar-refractivity contribution in [3.05, 3.63) is 34.1 Å². The van der Waals surface area contributed by atoms with Gasteiger partial charge in [-0.05, 0) is 44.9 Å². The van der Waals surface area contributed by atoms with E-state index in [4.69, 9.17) is 0 Å². The molecule has 6 heteroatoms. The number of para-hydroxylation sites is 1. The highest BCUT2D eigenvalue weighted by Gasteiger charge is 2.25. The standard InChI is InChI=1S/C14H20FN3O2/c1-10(2)17-7-6-11(9-17)8-16-13-5-3-4-12(15)14(13)18(19)20/h3-5,10-11,16H,6-9H2,1-2H3. The minimum atomic E-state index is -0.796. The van der Waals surface area contributed by atoms with E-state index in [1.165, 1.54) is 6.07 Å². The van der Waals surface area contributed by atoms with Crippen LogP contribution >= 0.6 is 0 Å². The molecule has 0 aliphatic carbocycles. The summed E-state index contributed by atoms with van der Waals surface area (Å²) in [4.78, 5) is 12.6. The molecule has 5 nitrogen and oxygen atoms in total. The third-order valence-electron chi connectivity index (χ3n) is 3.80. The van der Waals surface area contributed by atoms with Crippen molar-refractivity contribution < 1.29 is 9.31 Å². The first-order valence-corrected chi connectivity index (χ1v) is 6.90. The van der Waals surface area contributed by atoms with Crippen molar-refractivity contribution in [3.8, 4) is 0 Å². The SMILES string of the molecule is CC(C)N1CCC(CNc2cccc(F)c2[N+](=O)[O-])C1. The normalized spacial score (nSPS) is 19.5. The number of likely N-dealkylation sites (tertiary alicyclic amines) is 1. The fraction of sp³-hybridized carbons (Fsp3) is 0.571. The second-order valence-electron chi connectivity index (χ2n) is 5.52. The predicted octanol–water partition coefficient (Wildman–Crippen LogP) is 2.88. The minimum absolute atomic E-state index is 0.262. The van der Waals surface area contributed by atoms with Crippen LogP contribution in [0.4, 0.5) is 15.8 Å². The van der Waals surface area contributed by atoms with Gasteiger partial charge in [0.2, 0.25) is 5.82 Å². The van der Waals surface area contributed by atoms with E-state index in [1.807, 2.05) is 0 Å². The average molecular weight is 281 g/mol. The van der Waals surface area contributed by atoms with Crippen molar-refractivity contribution >= 4 is 11.4 Å². The predicted molar refractivity (Wildman–Crippen MR) is 76.4 cm³/mol. The molecule has 1 atom stereocenters. The molecular formula is C14H20FN3O2. The van der Waals surface area contributed by atoms with Gasteiger partial charge in [-0.25, -0.2) is 0 Å². The quantitative estimate of drug-likeness (QED) is 0.666. The van der Waals surface area contributed by atoms with Gasteiger partial charge in [-0.15, -0.1) is 0 Å². The van der Waals surface area contributed by atoms with E-state index in [9.17, 15) is 14.5 Å². The molecule has 0 saturated carbocycles. The third kappa shape index (κ3) is 3.25. The molecule has 1 aromatic carbocycles. The van der Waals surface area contributed by atoms with Gasteiger partial charge in [0.15, 0.2) is 0 Å². The van der Waals surface area contributed by atoms with E-state index in [1.54, 1.807) is 6.07 Å². The lowest BCUT2D eigenvalue weighted by molar-refractivity contribution is -0.386. The monoisotopic (exact) mass is 281 g/mol. The zero-order valence-electron chi connectivity index (χ0n) is 11.8. The third-order valence-corrected chi connectivity index (χ3v) is 3.80. The molecule has 110 valence electrons. The molecule has 1 fully saturated rings. The van der Waals surface area contributed by atoms with Crippen molar-refractivity contribution in [2.45, 2.75) is 26.3 Å². The second-order valence-corrected chi connectivity index (χ2v) is 5.52. The highest BCUT2D eigenvalue weighted by molar-refractivity contribution is 5.61. The summed E-state index contributed by atoms with van der Waals surface area (Å²) in [6.45, 7) is 6.98. The van der Waals surface area contributed by atoms with E-state index in [2.05, 4.69) is 24.1 Å². The van der Waals surface area contributed by atoms with Crippen LogP contribution in [0.3, 0.4) is 0 Å². The van der Waals surface area contributed by atoms with Crippen LogP contribution in [0.2, 0.25) is 0 Å². The molecular weight excluding hydrogens is 261 g/mol. The first-order chi connectivity index (χ1) is 9.49. The summed E-state index contributed by atoms with van der Waals surface area (Å²) in [6, 6.07) is 4.67. The summed E-state index contributed by atoms with van der Waals surface area (Å²) in [5, 5.41) is 13.9. The highest BCUT2D eigenvalue weighted by atomic mass is 19.1. The summed E-state index contributed by atoms with van der Waals surface area (Å²) >= 11 is 0. The molecule has 0 spiro atoms. The summed E-state index contributed by atoms with van der Waals surface area (Å²) < 4.78 is 13.5. The number of nitrogens with zero attached hydrogens (tertiary/aromatic N) is 2. The number of halogens is 1. The fourth-order valence-corrected chi connectivity index (χ4v) is 2.60. The molecule has 0 bridgehead atoms.